The van der Waals surface area contributed by atoms with Gasteiger partial charge in [-0.15, -0.1) is 0 Å². The van der Waals surface area contributed by atoms with Gasteiger partial charge < -0.3 is 14.8 Å². The minimum Gasteiger partial charge on any atom is -0.454 e. The van der Waals surface area contributed by atoms with E-state index in [1.807, 2.05) is 54.7 Å². The molecule has 0 saturated carbocycles. The molecule has 0 saturated heterocycles. The molecule has 26 heavy (non-hydrogen) atoms. The number of hydrogen-bond acceptors (Lipinski definition) is 6. The van der Waals surface area contributed by atoms with Crippen LogP contribution in [0.2, 0.25) is 0 Å². The van der Waals surface area contributed by atoms with E-state index in [2.05, 4.69) is 20.3 Å². The van der Waals surface area contributed by atoms with Gasteiger partial charge in [0, 0.05) is 40.5 Å². The van der Waals surface area contributed by atoms with Gasteiger partial charge in [-0.2, -0.15) is 0 Å². The van der Waals surface area contributed by atoms with Crippen molar-refractivity contribution in [2.24, 2.45) is 0 Å². The molecule has 0 atom stereocenters. The molecule has 0 radical (unpaired) electrons. The van der Waals surface area contributed by atoms with Gasteiger partial charge in [-0.05, 0) is 30.3 Å². The molecule has 1 aliphatic heterocycles. The molecule has 0 unspecified atom stereocenters. The number of nitrogens with zero attached hydrogens (tertiary/aromatic N) is 3. The Bertz CT molecular complexity index is 1110. The summed E-state index contributed by atoms with van der Waals surface area (Å²) in [5.41, 5.74) is 2.73. The van der Waals surface area contributed by atoms with Crippen LogP contribution in [0.3, 0.4) is 0 Å². The van der Waals surface area contributed by atoms with Crippen LogP contribution in [0.1, 0.15) is 0 Å². The van der Waals surface area contributed by atoms with Gasteiger partial charge in [-0.3, -0.25) is 4.98 Å². The minimum atomic E-state index is 0.255. The summed E-state index contributed by atoms with van der Waals surface area (Å²) in [5, 5.41) is 5.54. The SMILES string of the molecule is c1cc(Nc2cc(-c3ccc4c(c3)OCO4)ncn2)c2ccncc2c1. The Labute approximate surface area is 149 Å². The molecule has 1 N–H and O–H groups in total. The number of pyridine rings is 1. The second-order valence-corrected chi connectivity index (χ2v) is 5.88. The number of hydrogen-bond donors (Lipinski definition) is 1. The standard InChI is InChI=1S/C20H14N4O2/c1-2-14-10-21-7-6-15(14)16(3-1)24-20-9-17(22-11-23-20)13-4-5-18-19(8-13)26-12-25-18/h1-11H,12H2,(H,22,23,24). The molecule has 6 heteroatoms. The quantitative estimate of drug-likeness (QED) is 0.603. The molecule has 0 bridgehead atoms. The van der Waals surface area contributed by atoms with Crippen LogP contribution in [-0.2, 0) is 0 Å². The molecular weight excluding hydrogens is 328 g/mol. The van der Waals surface area contributed by atoms with Crippen molar-refractivity contribution in [3.05, 3.63) is 67.3 Å². The van der Waals surface area contributed by atoms with E-state index in [0.717, 1.165) is 45.0 Å². The van der Waals surface area contributed by atoms with Crippen molar-refractivity contribution in [1.29, 1.82) is 0 Å². The number of nitrogens with one attached hydrogen (secondary N) is 1. The van der Waals surface area contributed by atoms with E-state index in [-0.39, 0.29) is 6.79 Å². The van der Waals surface area contributed by atoms with Crippen molar-refractivity contribution in [2.45, 2.75) is 0 Å². The molecule has 2 aromatic heterocycles. The van der Waals surface area contributed by atoms with Crippen LogP contribution in [0.4, 0.5) is 11.5 Å². The lowest BCUT2D eigenvalue weighted by atomic mass is 10.1. The Morgan fingerprint density at radius 3 is 2.88 bits per heavy atom. The molecule has 4 aromatic rings. The number of rotatable bonds is 3. The van der Waals surface area contributed by atoms with Gasteiger partial charge in [-0.25, -0.2) is 9.97 Å². The number of fused-ring (bicyclic) bond motifs is 2. The number of benzene rings is 2. The Hall–Kier alpha value is -3.67. The van der Waals surface area contributed by atoms with Crippen LogP contribution < -0.4 is 14.8 Å². The number of ether oxygens (including phenoxy) is 2. The monoisotopic (exact) mass is 342 g/mol. The molecule has 1 aliphatic rings. The fourth-order valence-electron chi connectivity index (χ4n) is 3.01. The van der Waals surface area contributed by atoms with E-state index >= 15 is 0 Å². The maximum absolute atomic E-state index is 5.45. The summed E-state index contributed by atoms with van der Waals surface area (Å²) in [5.74, 6) is 2.21. The van der Waals surface area contributed by atoms with E-state index in [4.69, 9.17) is 9.47 Å². The predicted molar refractivity (Wildman–Crippen MR) is 98.6 cm³/mol. The Kier molecular flexibility index (Phi) is 3.38. The van der Waals surface area contributed by atoms with E-state index in [0.29, 0.717) is 0 Å². The first kappa shape index (κ1) is 14.7. The zero-order valence-electron chi connectivity index (χ0n) is 13.7. The summed E-state index contributed by atoms with van der Waals surface area (Å²) in [7, 11) is 0. The topological polar surface area (TPSA) is 69.2 Å². The normalized spacial score (nSPS) is 12.3. The minimum absolute atomic E-state index is 0.255. The van der Waals surface area contributed by atoms with Crippen molar-refractivity contribution in [3.63, 3.8) is 0 Å². The summed E-state index contributed by atoms with van der Waals surface area (Å²) >= 11 is 0. The highest BCUT2D eigenvalue weighted by molar-refractivity contribution is 5.94. The lowest BCUT2D eigenvalue weighted by Gasteiger charge is -2.10. The fourth-order valence-corrected chi connectivity index (χ4v) is 3.01. The van der Waals surface area contributed by atoms with Crippen LogP contribution in [0.15, 0.2) is 67.3 Å². The van der Waals surface area contributed by atoms with Gasteiger partial charge in [0.25, 0.3) is 0 Å². The Morgan fingerprint density at radius 2 is 1.88 bits per heavy atom. The predicted octanol–water partition coefficient (Wildman–Crippen LogP) is 4.16. The smallest absolute Gasteiger partial charge is 0.231 e. The van der Waals surface area contributed by atoms with Gasteiger partial charge in [0.05, 0.1) is 5.69 Å². The molecule has 126 valence electrons. The summed E-state index contributed by atoms with van der Waals surface area (Å²) in [6.45, 7) is 0.255. The Balaban J connectivity index is 1.50. The molecule has 3 heterocycles. The molecular formula is C20H14N4O2. The largest absolute Gasteiger partial charge is 0.454 e. The number of aromatic nitrogens is 3. The maximum atomic E-state index is 5.45. The zero-order chi connectivity index (χ0) is 17.3. The Morgan fingerprint density at radius 1 is 0.923 bits per heavy atom. The average Bonchev–Trinajstić information content (AvgIpc) is 3.16. The first-order valence-corrected chi connectivity index (χ1v) is 8.19. The van der Waals surface area contributed by atoms with Gasteiger partial charge in [0.2, 0.25) is 6.79 Å². The summed E-state index contributed by atoms with van der Waals surface area (Å²) in [6, 6.07) is 15.7. The van der Waals surface area contributed by atoms with Crippen molar-refractivity contribution in [2.75, 3.05) is 12.1 Å². The van der Waals surface area contributed by atoms with E-state index in [1.165, 1.54) is 0 Å². The zero-order valence-corrected chi connectivity index (χ0v) is 13.7. The summed E-state index contributed by atoms with van der Waals surface area (Å²) in [6.07, 6.45) is 5.18. The van der Waals surface area contributed by atoms with E-state index in [9.17, 15) is 0 Å². The van der Waals surface area contributed by atoms with Crippen LogP contribution in [0.5, 0.6) is 11.5 Å². The van der Waals surface area contributed by atoms with Gasteiger partial charge in [0.1, 0.15) is 12.1 Å². The van der Waals surface area contributed by atoms with Crippen LogP contribution >= 0.6 is 0 Å². The van der Waals surface area contributed by atoms with Crippen molar-refractivity contribution in [1.82, 2.24) is 15.0 Å². The highest BCUT2D eigenvalue weighted by atomic mass is 16.7. The summed E-state index contributed by atoms with van der Waals surface area (Å²) in [4.78, 5) is 12.9. The highest BCUT2D eigenvalue weighted by Crippen LogP contribution is 2.35. The van der Waals surface area contributed by atoms with Crippen molar-refractivity contribution < 1.29 is 9.47 Å². The third kappa shape index (κ3) is 2.57. The molecule has 0 amide bonds. The van der Waals surface area contributed by atoms with Crippen LogP contribution in [0.25, 0.3) is 22.0 Å². The first-order chi connectivity index (χ1) is 12.9. The second kappa shape index (κ2) is 6.00. The lowest BCUT2D eigenvalue weighted by molar-refractivity contribution is 0.174. The van der Waals surface area contributed by atoms with Gasteiger partial charge in [-0.1, -0.05) is 12.1 Å². The van der Waals surface area contributed by atoms with E-state index < -0.39 is 0 Å². The van der Waals surface area contributed by atoms with Crippen LogP contribution in [0, 0.1) is 0 Å². The van der Waals surface area contributed by atoms with Crippen LogP contribution in [-0.4, -0.2) is 21.7 Å². The molecule has 0 aliphatic carbocycles. The maximum Gasteiger partial charge on any atom is 0.231 e. The highest BCUT2D eigenvalue weighted by Gasteiger charge is 2.14. The van der Waals surface area contributed by atoms with Gasteiger partial charge >= 0.3 is 0 Å². The lowest BCUT2D eigenvalue weighted by Crippen LogP contribution is -1.96. The van der Waals surface area contributed by atoms with E-state index in [1.54, 1.807) is 12.5 Å². The molecule has 5 rings (SSSR count). The second-order valence-electron chi connectivity index (χ2n) is 5.88. The molecule has 0 spiro atoms. The average molecular weight is 342 g/mol. The molecule has 0 fully saturated rings. The third-order valence-corrected chi connectivity index (χ3v) is 4.28. The third-order valence-electron chi connectivity index (χ3n) is 4.28. The van der Waals surface area contributed by atoms with Crippen molar-refractivity contribution >= 4 is 22.3 Å². The van der Waals surface area contributed by atoms with Crippen molar-refractivity contribution in [3.8, 4) is 22.8 Å². The first-order valence-electron chi connectivity index (χ1n) is 8.19. The van der Waals surface area contributed by atoms with Gasteiger partial charge in [0.15, 0.2) is 11.5 Å². The molecule has 6 nitrogen and oxygen atoms in total. The fraction of sp³-hybridized carbons (Fsp3) is 0.0500. The summed E-state index contributed by atoms with van der Waals surface area (Å²) < 4.78 is 10.8. The molecule has 2 aromatic carbocycles. The number of anilines is 2.